The Hall–Kier alpha value is -0.170. The molecule has 0 heterocycles. The summed E-state index contributed by atoms with van der Waals surface area (Å²) in [6, 6.07) is 0. The standard InChI is InChI=1S/C12H27NO4S/c1-2-3-4-5-6-7-8-12(14)11-13-9-10-18(15,16)17/h12-14H,2-11H2,1H3,(H,15,16,17). The van der Waals surface area contributed by atoms with Crippen molar-refractivity contribution < 1.29 is 18.1 Å². The molecule has 0 aliphatic heterocycles. The fourth-order valence-electron chi connectivity index (χ4n) is 1.73. The molecule has 0 bridgehead atoms. The number of aliphatic hydroxyl groups excluding tert-OH is 1. The number of aliphatic hydroxyl groups is 1. The van der Waals surface area contributed by atoms with Crippen LogP contribution in [-0.2, 0) is 10.1 Å². The third kappa shape index (κ3) is 13.9. The quantitative estimate of drug-likeness (QED) is 0.373. The Bertz CT molecular complexity index is 280. The molecule has 1 atom stereocenters. The largest absolute Gasteiger partial charge is 0.392 e. The van der Waals surface area contributed by atoms with Gasteiger partial charge in [-0.15, -0.1) is 0 Å². The molecule has 0 radical (unpaired) electrons. The first-order valence-corrected chi connectivity index (χ1v) is 8.40. The van der Waals surface area contributed by atoms with E-state index in [2.05, 4.69) is 12.2 Å². The molecule has 0 saturated carbocycles. The SMILES string of the molecule is CCCCCCCCC(O)CNCCS(=O)(=O)O. The van der Waals surface area contributed by atoms with Crippen molar-refractivity contribution in [1.82, 2.24) is 5.32 Å². The highest BCUT2D eigenvalue weighted by Crippen LogP contribution is 2.08. The van der Waals surface area contributed by atoms with E-state index < -0.39 is 16.2 Å². The molecule has 5 nitrogen and oxygen atoms in total. The minimum Gasteiger partial charge on any atom is -0.392 e. The van der Waals surface area contributed by atoms with Gasteiger partial charge in [-0.1, -0.05) is 45.4 Å². The van der Waals surface area contributed by atoms with Crippen LogP contribution in [0.2, 0.25) is 0 Å². The lowest BCUT2D eigenvalue weighted by Gasteiger charge is -2.11. The summed E-state index contributed by atoms with van der Waals surface area (Å²) in [5.74, 6) is -0.309. The maximum Gasteiger partial charge on any atom is 0.266 e. The first-order valence-electron chi connectivity index (χ1n) is 6.79. The van der Waals surface area contributed by atoms with Gasteiger partial charge >= 0.3 is 0 Å². The first kappa shape index (κ1) is 17.8. The summed E-state index contributed by atoms with van der Waals surface area (Å²) in [6.07, 6.45) is 7.45. The van der Waals surface area contributed by atoms with Gasteiger partial charge in [0, 0.05) is 13.1 Å². The average Bonchev–Trinajstić information content (AvgIpc) is 2.28. The Balaban J connectivity index is 3.30. The average molecular weight is 281 g/mol. The van der Waals surface area contributed by atoms with Gasteiger partial charge in [-0.2, -0.15) is 8.42 Å². The minimum atomic E-state index is -3.90. The van der Waals surface area contributed by atoms with Gasteiger partial charge < -0.3 is 10.4 Å². The van der Waals surface area contributed by atoms with Gasteiger partial charge in [-0.05, 0) is 6.42 Å². The molecule has 0 saturated heterocycles. The van der Waals surface area contributed by atoms with Crippen molar-refractivity contribution >= 4 is 10.1 Å². The Morgan fingerprint density at radius 2 is 1.72 bits per heavy atom. The first-order chi connectivity index (χ1) is 8.45. The zero-order valence-electron chi connectivity index (χ0n) is 11.3. The normalized spacial score (nSPS) is 13.7. The molecular weight excluding hydrogens is 254 g/mol. The van der Waals surface area contributed by atoms with E-state index >= 15 is 0 Å². The third-order valence-electron chi connectivity index (χ3n) is 2.81. The maximum atomic E-state index is 10.4. The molecule has 0 aromatic carbocycles. The molecule has 0 aliphatic rings. The molecule has 0 amide bonds. The van der Waals surface area contributed by atoms with Crippen molar-refractivity contribution in [1.29, 1.82) is 0 Å². The van der Waals surface area contributed by atoms with E-state index in [4.69, 9.17) is 4.55 Å². The Morgan fingerprint density at radius 3 is 2.33 bits per heavy atom. The van der Waals surface area contributed by atoms with Crippen LogP contribution in [0.1, 0.15) is 51.9 Å². The van der Waals surface area contributed by atoms with Gasteiger partial charge in [0.15, 0.2) is 0 Å². The molecule has 1 unspecified atom stereocenters. The van der Waals surface area contributed by atoms with Gasteiger partial charge in [0.2, 0.25) is 0 Å². The third-order valence-corrected chi connectivity index (χ3v) is 3.53. The van der Waals surface area contributed by atoms with Crippen molar-refractivity contribution in [3.8, 4) is 0 Å². The van der Waals surface area contributed by atoms with Crippen LogP contribution >= 0.6 is 0 Å². The van der Waals surface area contributed by atoms with Gasteiger partial charge in [0.05, 0.1) is 11.9 Å². The van der Waals surface area contributed by atoms with Crippen LogP contribution in [0.15, 0.2) is 0 Å². The van der Waals surface area contributed by atoms with Gasteiger partial charge in [0.1, 0.15) is 0 Å². The minimum absolute atomic E-state index is 0.173. The number of hydrogen-bond acceptors (Lipinski definition) is 4. The predicted molar refractivity (Wildman–Crippen MR) is 73.3 cm³/mol. The number of rotatable bonds is 12. The smallest absolute Gasteiger partial charge is 0.266 e. The molecule has 0 fully saturated rings. The molecule has 18 heavy (non-hydrogen) atoms. The van der Waals surface area contributed by atoms with Crippen LogP contribution in [0.4, 0.5) is 0 Å². The molecule has 110 valence electrons. The van der Waals surface area contributed by atoms with Gasteiger partial charge in [0.25, 0.3) is 10.1 Å². The van der Waals surface area contributed by atoms with E-state index in [1.54, 1.807) is 0 Å². The molecule has 6 heteroatoms. The second-order valence-corrected chi connectivity index (χ2v) is 6.27. The van der Waals surface area contributed by atoms with E-state index in [9.17, 15) is 13.5 Å². The van der Waals surface area contributed by atoms with Crippen molar-refractivity contribution in [2.24, 2.45) is 0 Å². The molecule has 0 rings (SSSR count). The van der Waals surface area contributed by atoms with E-state index in [-0.39, 0.29) is 12.3 Å². The molecular formula is C12H27NO4S. The zero-order chi connectivity index (χ0) is 13.9. The lowest BCUT2D eigenvalue weighted by atomic mass is 10.1. The zero-order valence-corrected chi connectivity index (χ0v) is 12.1. The van der Waals surface area contributed by atoms with Crippen molar-refractivity contribution in [3.05, 3.63) is 0 Å². The fourth-order valence-corrected chi connectivity index (χ4v) is 2.13. The van der Waals surface area contributed by atoms with Crippen LogP contribution in [0, 0.1) is 0 Å². The summed E-state index contributed by atoms with van der Waals surface area (Å²) in [5.41, 5.74) is 0. The molecule has 0 spiro atoms. The second-order valence-electron chi connectivity index (χ2n) is 4.70. The van der Waals surface area contributed by atoms with E-state index in [0.29, 0.717) is 6.54 Å². The highest BCUT2D eigenvalue weighted by Gasteiger charge is 2.06. The van der Waals surface area contributed by atoms with E-state index in [1.165, 1.54) is 25.7 Å². The van der Waals surface area contributed by atoms with Crippen LogP contribution in [0.25, 0.3) is 0 Å². The second kappa shape index (κ2) is 10.7. The molecule has 3 N–H and O–H groups in total. The summed E-state index contributed by atoms with van der Waals surface area (Å²) in [7, 11) is -3.90. The van der Waals surface area contributed by atoms with Crippen LogP contribution in [0.5, 0.6) is 0 Å². The fraction of sp³-hybridized carbons (Fsp3) is 1.00. The lowest BCUT2D eigenvalue weighted by molar-refractivity contribution is 0.158. The summed E-state index contributed by atoms with van der Waals surface area (Å²) < 4.78 is 29.3. The van der Waals surface area contributed by atoms with Crippen LogP contribution in [-0.4, -0.2) is 43.0 Å². The van der Waals surface area contributed by atoms with Crippen molar-refractivity contribution in [2.75, 3.05) is 18.8 Å². The lowest BCUT2D eigenvalue weighted by Crippen LogP contribution is -2.30. The summed E-state index contributed by atoms with van der Waals surface area (Å²) in [5, 5.41) is 12.4. The predicted octanol–water partition coefficient (Wildman–Crippen LogP) is 1.58. The monoisotopic (exact) mass is 281 g/mol. The Labute approximate surface area is 111 Å². The summed E-state index contributed by atoms with van der Waals surface area (Å²) in [6.45, 7) is 2.73. The van der Waals surface area contributed by atoms with E-state index in [1.807, 2.05) is 0 Å². The highest BCUT2D eigenvalue weighted by atomic mass is 32.2. The number of unbranched alkanes of at least 4 members (excludes halogenated alkanes) is 5. The topological polar surface area (TPSA) is 86.6 Å². The maximum absolute atomic E-state index is 10.4. The van der Waals surface area contributed by atoms with Crippen LogP contribution in [0.3, 0.4) is 0 Å². The summed E-state index contributed by atoms with van der Waals surface area (Å²) >= 11 is 0. The highest BCUT2D eigenvalue weighted by molar-refractivity contribution is 7.85. The molecule has 0 aliphatic carbocycles. The van der Waals surface area contributed by atoms with E-state index in [0.717, 1.165) is 19.3 Å². The van der Waals surface area contributed by atoms with Gasteiger partial charge in [-0.3, -0.25) is 4.55 Å². The molecule has 0 aromatic rings. The number of nitrogens with one attached hydrogen (secondary N) is 1. The van der Waals surface area contributed by atoms with Crippen molar-refractivity contribution in [3.63, 3.8) is 0 Å². The van der Waals surface area contributed by atoms with Crippen LogP contribution < -0.4 is 5.32 Å². The number of hydrogen-bond donors (Lipinski definition) is 3. The Kier molecular flexibility index (Phi) is 10.6. The van der Waals surface area contributed by atoms with Crippen molar-refractivity contribution in [2.45, 2.75) is 58.0 Å². The van der Waals surface area contributed by atoms with Gasteiger partial charge in [-0.25, -0.2) is 0 Å². The Morgan fingerprint density at radius 1 is 1.11 bits per heavy atom. The molecule has 0 aromatic heterocycles. The summed E-state index contributed by atoms with van der Waals surface area (Å²) in [4.78, 5) is 0.